The lowest BCUT2D eigenvalue weighted by Crippen LogP contribution is -2.29. The van der Waals surface area contributed by atoms with E-state index in [1.807, 2.05) is 18.2 Å². The molecule has 0 bridgehead atoms. The molecule has 2 aromatic rings. The lowest BCUT2D eigenvalue weighted by molar-refractivity contribution is 0.556. The summed E-state index contributed by atoms with van der Waals surface area (Å²) in [5.74, 6) is 0. The van der Waals surface area contributed by atoms with Gasteiger partial charge in [0.1, 0.15) is 4.47 Å². The van der Waals surface area contributed by atoms with Gasteiger partial charge in [-0.15, -0.1) is 0 Å². The van der Waals surface area contributed by atoms with Crippen molar-refractivity contribution < 1.29 is 0 Å². The van der Waals surface area contributed by atoms with E-state index < -0.39 is 0 Å². The molecular weight excluding hydrogens is 318 g/mol. The second-order valence-electron chi connectivity index (χ2n) is 5.40. The number of hydrogen-bond donors (Lipinski definition) is 1. The zero-order chi connectivity index (χ0) is 14.8. The summed E-state index contributed by atoms with van der Waals surface area (Å²) in [7, 11) is 1.63. The van der Waals surface area contributed by atoms with Gasteiger partial charge in [-0.3, -0.25) is 4.79 Å². The van der Waals surface area contributed by atoms with Gasteiger partial charge in [-0.05, 0) is 21.5 Å². The van der Waals surface area contributed by atoms with E-state index in [-0.39, 0.29) is 11.0 Å². The van der Waals surface area contributed by atoms with Gasteiger partial charge < -0.3 is 5.32 Å². The Kier molecular flexibility index (Phi) is 4.28. The van der Waals surface area contributed by atoms with E-state index in [4.69, 9.17) is 0 Å². The Labute approximate surface area is 127 Å². The summed E-state index contributed by atoms with van der Waals surface area (Å²) in [5, 5.41) is 7.32. The molecule has 0 aliphatic rings. The minimum Gasteiger partial charge on any atom is -0.382 e. The number of aromatic nitrogens is 2. The Balaban J connectivity index is 2.17. The van der Waals surface area contributed by atoms with Crippen LogP contribution in [0.1, 0.15) is 19.4 Å². The average Bonchev–Trinajstić information content (AvgIpc) is 2.45. The zero-order valence-electron chi connectivity index (χ0n) is 11.9. The molecule has 0 atom stereocenters. The van der Waals surface area contributed by atoms with E-state index in [0.717, 1.165) is 5.69 Å². The number of rotatable bonds is 4. The second kappa shape index (κ2) is 5.79. The lowest BCUT2D eigenvalue weighted by Gasteiger charge is -2.26. The molecule has 1 aromatic carbocycles. The van der Waals surface area contributed by atoms with Crippen molar-refractivity contribution in [1.29, 1.82) is 0 Å². The van der Waals surface area contributed by atoms with Gasteiger partial charge in [0.05, 0.1) is 11.9 Å². The van der Waals surface area contributed by atoms with Crippen LogP contribution in [-0.4, -0.2) is 16.3 Å². The third-order valence-corrected chi connectivity index (χ3v) is 4.12. The van der Waals surface area contributed by atoms with E-state index in [0.29, 0.717) is 11.0 Å². The van der Waals surface area contributed by atoms with Gasteiger partial charge in [0.25, 0.3) is 5.56 Å². The molecule has 0 saturated heterocycles. The minimum absolute atomic E-state index is 0.0399. The van der Waals surface area contributed by atoms with Crippen LogP contribution in [0.2, 0.25) is 0 Å². The van der Waals surface area contributed by atoms with E-state index >= 15 is 0 Å². The Bertz CT molecular complexity index is 650. The fraction of sp³-hybridized carbons (Fsp3) is 0.333. The van der Waals surface area contributed by atoms with Gasteiger partial charge in [0, 0.05) is 19.0 Å². The molecule has 0 saturated carbocycles. The highest BCUT2D eigenvalue weighted by Crippen LogP contribution is 2.24. The van der Waals surface area contributed by atoms with Crippen LogP contribution in [-0.2, 0) is 12.5 Å². The molecule has 5 heteroatoms. The summed E-state index contributed by atoms with van der Waals surface area (Å²) >= 11 is 3.32. The molecular formula is C15H18BrN3O. The highest BCUT2D eigenvalue weighted by molar-refractivity contribution is 9.10. The quantitative estimate of drug-likeness (QED) is 0.934. The number of aryl methyl sites for hydroxylation is 1. The molecule has 0 aliphatic carbocycles. The third kappa shape index (κ3) is 3.10. The molecule has 1 aromatic heterocycles. The molecule has 2 rings (SSSR count). The molecule has 0 aliphatic heterocycles. The second-order valence-corrected chi connectivity index (χ2v) is 6.20. The molecule has 106 valence electrons. The maximum Gasteiger partial charge on any atom is 0.282 e. The number of hydrogen-bond acceptors (Lipinski definition) is 3. The smallest absolute Gasteiger partial charge is 0.282 e. The molecule has 0 fully saturated rings. The monoisotopic (exact) mass is 335 g/mol. The van der Waals surface area contributed by atoms with E-state index in [1.165, 1.54) is 10.2 Å². The summed E-state index contributed by atoms with van der Waals surface area (Å²) in [6, 6.07) is 10.3. The largest absolute Gasteiger partial charge is 0.382 e. The first-order valence-corrected chi connectivity index (χ1v) is 7.22. The van der Waals surface area contributed by atoms with Crippen LogP contribution in [0, 0.1) is 0 Å². The topological polar surface area (TPSA) is 46.9 Å². The fourth-order valence-corrected chi connectivity index (χ4v) is 2.44. The van der Waals surface area contributed by atoms with Crippen molar-refractivity contribution in [2.45, 2.75) is 19.3 Å². The Morgan fingerprint density at radius 1 is 1.30 bits per heavy atom. The standard InChI is InChI=1S/C15H18BrN3O/c1-15(2,11-7-5-4-6-8-11)10-17-12-9-18-19(3)14(20)13(12)16/h4-9,17H,10H2,1-3H3. The van der Waals surface area contributed by atoms with E-state index in [2.05, 4.69) is 52.3 Å². The van der Waals surface area contributed by atoms with Crippen LogP contribution in [0.5, 0.6) is 0 Å². The van der Waals surface area contributed by atoms with Gasteiger partial charge in [-0.25, -0.2) is 4.68 Å². The maximum atomic E-state index is 11.8. The Hall–Kier alpha value is -1.62. The van der Waals surface area contributed by atoms with Gasteiger partial charge in [0.2, 0.25) is 0 Å². The van der Waals surface area contributed by atoms with Crippen molar-refractivity contribution in [3.05, 3.63) is 56.9 Å². The highest BCUT2D eigenvalue weighted by atomic mass is 79.9. The normalized spacial score (nSPS) is 11.4. The van der Waals surface area contributed by atoms with Gasteiger partial charge in [-0.1, -0.05) is 44.2 Å². The maximum absolute atomic E-state index is 11.8. The van der Waals surface area contributed by atoms with Gasteiger partial charge >= 0.3 is 0 Å². The van der Waals surface area contributed by atoms with Gasteiger partial charge in [-0.2, -0.15) is 5.10 Å². The average molecular weight is 336 g/mol. The molecule has 0 radical (unpaired) electrons. The highest BCUT2D eigenvalue weighted by Gasteiger charge is 2.20. The first-order valence-electron chi connectivity index (χ1n) is 6.43. The lowest BCUT2D eigenvalue weighted by atomic mass is 9.84. The number of nitrogens with one attached hydrogen (secondary N) is 1. The van der Waals surface area contributed by atoms with E-state index in [1.54, 1.807) is 13.2 Å². The molecule has 4 nitrogen and oxygen atoms in total. The van der Waals surface area contributed by atoms with Crippen LogP contribution in [0.3, 0.4) is 0 Å². The fourth-order valence-electron chi connectivity index (χ4n) is 1.94. The first-order chi connectivity index (χ1) is 9.42. The molecule has 0 unspecified atom stereocenters. The predicted molar refractivity (Wildman–Crippen MR) is 85.1 cm³/mol. The molecule has 1 heterocycles. The van der Waals surface area contributed by atoms with Crippen molar-refractivity contribution >= 4 is 21.6 Å². The Morgan fingerprint density at radius 2 is 1.95 bits per heavy atom. The summed E-state index contributed by atoms with van der Waals surface area (Å²) < 4.78 is 1.82. The minimum atomic E-state index is -0.146. The molecule has 0 amide bonds. The number of halogens is 1. The molecule has 1 N–H and O–H groups in total. The Morgan fingerprint density at radius 3 is 2.60 bits per heavy atom. The number of nitrogens with zero attached hydrogens (tertiary/aromatic N) is 2. The van der Waals surface area contributed by atoms with Crippen LogP contribution in [0.25, 0.3) is 0 Å². The van der Waals surface area contributed by atoms with Crippen molar-refractivity contribution in [2.75, 3.05) is 11.9 Å². The number of anilines is 1. The SMILES string of the molecule is Cn1ncc(NCC(C)(C)c2ccccc2)c(Br)c1=O. The van der Waals surface area contributed by atoms with Crippen molar-refractivity contribution in [1.82, 2.24) is 9.78 Å². The summed E-state index contributed by atoms with van der Waals surface area (Å²) in [5.41, 5.74) is 1.78. The summed E-state index contributed by atoms with van der Waals surface area (Å²) in [4.78, 5) is 11.8. The van der Waals surface area contributed by atoms with E-state index in [9.17, 15) is 4.79 Å². The van der Waals surface area contributed by atoms with Crippen LogP contribution in [0.15, 0.2) is 45.8 Å². The zero-order valence-corrected chi connectivity index (χ0v) is 13.4. The van der Waals surface area contributed by atoms with Gasteiger partial charge in [0.15, 0.2) is 0 Å². The predicted octanol–water partition coefficient (Wildman–Crippen LogP) is 2.93. The summed E-state index contributed by atoms with van der Waals surface area (Å²) in [6.45, 7) is 5.04. The van der Waals surface area contributed by atoms with Crippen molar-refractivity contribution in [3.8, 4) is 0 Å². The molecule has 20 heavy (non-hydrogen) atoms. The van der Waals surface area contributed by atoms with Crippen LogP contribution in [0.4, 0.5) is 5.69 Å². The number of benzene rings is 1. The van der Waals surface area contributed by atoms with Crippen LogP contribution >= 0.6 is 15.9 Å². The first kappa shape index (κ1) is 14.8. The van der Waals surface area contributed by atoms with Crippen molar-refractivity contribution in [3.63, 3.8) is 0 Å². The van der Waals surface area contributed by atoms with Crippen LogP contribution < -0.4 is 10.9 Å². The third-order valence-electron chi connectivity index (χ3n) is 3.35. The molecule has 0 spiro atoms. The van der Waals surface area contributed by atoms with Crippen molar-refractivity contribution in [2.24, 2.45) is 7.05 Å². The summed E-state index contributed by atoms with van der Waals surface area (Å²) in [6.07, 6.45) is 1.66.